The lowest BCUT2D eigenvalue weighted by Crippen LogP contribution is -2.34. The number of rotatable bonds is 5. The molecule has 0 saturated carbocycles. The molecule has 1 aromatic rings. The fourth-order valence-electron chi connectivity index (χ4n) is 1.64. The minimum absolute atomic E-state index is 0.348. The van der Waals surface area contributed by atoms with Crippen LogP contribution in [0.3, 0.4) is 0 Å². The third kappa shape index (κ3) is 3.27. The Bertz CT molecular complexity index is 323. The van der Waals surface area contributed by atoms with Crippen molar-refractivity contribution in [3.05, 3.63) is 11.8 Å². The summed E-state index contributed by atoms with van der Waals surface area (Å²) in [7, 11) is 2.06. The summed E-state index contributed by atoms with van der Waals surface area (Å²) in [6, 6.07) is 2.46. The van der Waals surface area contributed by atoms with E-state index in [1.165, 1.54) is 0 Å². The molecule has 0 amide bonds. The highest BCUT2D eigenvalue weighted by Crippen LogP contribution is 2.18. The first-order valence-corrected chi connectivity index (χ1v) is 6.80. The van der Waals surface area contributed by atoms with Crippen molar-refractivity contribution in [1.29, 1.82) is 0 Å². The molecule has 1 unspecified atom stereocenters. The SMILES string of the molecule is CCC(CSC)N(C)c1cc(C)nc(N)n1. The maximum atomic E-state index is 5.66. The van der Waals surface area contributed by atoms with Crippen LogP contribution in [0.2, 0.25) is 0 Å². The summed E-state index contributed by atoms with van der Waals surface area (Å²) >= 11 is 1.85. The summed E-state index contributed by atoms with van der Waals surface area (Å²) in [5, 5.41) is 0. The van der Waals surface area contributed by atoms with Gasteiger partial charge in [-0.15, -0.1) is 0 Å². The number of nitrogens with zero attached hydrogens (tertiary/aromatic N) is 3. The van der Waals surface area contributed by atoms with Gasteiger partial charge in [0.2, 0.25) is 5.95 Å². The molecule has 2 N–H and O–H groups in total. The van der Waals surface area contributed by atoms with Gasteiger partial charge in [0.1, 0.15) is 5.82 Å². The molecule has 90 valence electrons. The maximum absolute atomic E-state index is 5.66. The van der Waals surface area contributed by atoms with E-state index in [2.05, 4.69) is 35.1 Å². The molecular formula is C11H20N4S. The summed E-state index contributed by atoms with van der Waals surface area (Å²) in [5.41, 5.74) is 6.57. The maximum Gasteiger partial charge on any atom is 0.222 e. The predicted molar refractivity (Wildman–Crippen MR) is 72.0 cm³/mol. The Labute approximate surface area is 102 Å². The Morgan fingerprint density at radius 3 is 2.69 bits per heavy atom. The van der Waals surface area contributed by atoms with Crippen molar-refractivity contribution in [2.75, 3.05) is 29.7 Å². The molecule has 0 aliphatic rings. The second-order valence-corrected chi connectivity index (χ2v) is 4.76. The van der Waals surface area contributed by atoms with Crippen LogP contribution in [0.15, 0.2) is 6.07 Å². The fourth-order valence-corrected chi connectivity index (χ4v) is 2.48. The second kappa shape index (κ2) is 5.94. The minimum Gasteiger partial charge on any atom is -0.368 e. The van der Waals surface area contributed by atoms with Gasteiger partial charge in [0.15, 0.2) is 0 Å². The van der Waals surface area contributed by atoms with Crippen LogP contribution < -0.4 is 10.6 Å². The number of anilines is 2. The monoisotopic (exact) mass is 240 g/mol. The Morgan fingerprint density at radius 2 is 2.19 bits per heavy atom. The zero-order valence-corrected chi connectivity index (χ0v) is 11.2. The second-order valence-electron chi connectivity index (χ2n) is 3.85. The summed E-state index contributed by atoms with van der Waals surface area (Å²) < 4.78 is 0. The molecule has 0 fully saturated rings. The largest absolute Gasteiger partial charge is 0.368 e. The van der Waals surface area contributed by atoms with Crippen molar-refractivity contribution in [3.8, 4) is 0 Å². The fraction of sp³-hybridized carbons (Fsp3) is 0.636. The molecule has 5 heteroatoms. The quantitative estimate of drug-likeness (QED) is 0.852. The molecule has 0 spiro atoms. The van der Waals surface area contributed by atoms with Crippen LogP contribution in [-0.2, 0) is 0 Å². The number of hydrogen-bond acceptors (Lipinski definition) is 5. The van der Waals surface area contributed by atoms with Gasteiger partial charge in [0, 0.05) is 30.6 Å². The topological polar surface area (TPSA) is 55.0 Å². The van der Waals surface area contributed by atoms with Gasteiger partial charge in [0.05, 0.1) is 0 Å². The summed E-state index contributed by atoms with van der Waals surface area (Å²) in [4.78, 5) is 10.5. The van der Waals surface area contributed by atoms with Crippen molar-refractivity contribution in [2.45, 2.75) is 26.3 Å². The van der Waals surface area contributed by atoms with Crippen LogP contribution in [0.1, 0.15) is 19.0 Å². The van der Waals surface area contributed by atoms with E-state index in [1.807, 2.05) is 24.8 Å². The lowest BCUT2D eigenvalue weighted by molar-refractivity contribution is 0.665. The zero-order valence-electron chi connectivity index (χ0n) is 10.4. The van der Waals surface area contributed by atoms with Crippen LogP contribution in [-0.4, -0.2) is 35.1 Å². The average Bonchev–Trinajstić information content (AvgIpc) is 2.23. The van der Waals surface area contributed by atoms with Gasteiger partial charge in [-0.3, -0.25) is 0 Å². The summed E-state index contributed by atoms with van der Waals surface area (Å²) in [6.45, 7) is 4.12. The minimum atomic E-state index is 0.348. The van der Waals surface area contributed by atoms with Crippen molar-refractivity contribution in [2.24, 2.45) is 0 Å². The first-order chi connectivity index (χ1) is 7.58. The Hall–Kier alpha value is -0.970. The predicted octanol–water partition coefficient (Wildman–Crippen LogP) is 1.95. The van der Waals surface area contributed by atoms with E-state index in [-0.39, 0.29) is 0 Å². The Balaban J connectivity index is 2.89. The molecule has 0 bridgehead atoms. The first kappa shape index (κ1) is 13.1. The van der Waals surface area contributed by atoms with E-state index in [0.717, 1.165) is 23.7 Å². The van der Waals surface area contributed by atoms with E-state index in [4.69, 9.17) is 5.73 Å². The van der Waals surface area contributed by atoms with Crippen molar-refractivity contribution >= 4 is 23.5 Å². The third-order valence-corrected chi connectivity index (χ3v) is 3.32. The first-order valence-electron chi connectivity index (χ1n) is 5.41. The number of aryl methyl sites for hydroxylation is 1. The normalized spacial score (nSPS) is 12.5. The van der Waals surface area contributed by atoms with Crippen LogP contribution in [0.4, 0.5) is 11.8 Å². The van der Waals surface area contributed by atoms with Gasteiger partial charge < -0.3 is 10.6 Å². The highest BCUT2D eigenvalue weighted by atomic mass is 32.2. The standard InChI is InChI=1S/C11H20N4S/c1-5-9(7-16-4)15(3)10-6-8(2)13-11(12)14-10/h6,9H,5,7H2,1-4H3,(H2,12,13,14). The van der Waals surface area contributed by atoms with Gasteiger partial charge in [-0.1, -0.05) is 6.92 Å². The Kier molecular flexibility index (Phi) is 4.86. The number of aromatic nitrogens is 2. The van der Waals surface area contributed by atoms with Crippen LogP contribution in [0, 0.1) is 6.92 Å². The highest BCUT2D eigenvalue weighted by molar-refractivity contribution is 7.98. The molecule has 1 atom stereocenters. The van der Waals surface area contributed by atoms with Crippen LogP contribution in [0.25, 0.3) is 0 Å². The molecular weight excluding hydrogens is 220 g/mol. The van der Waals surface area contributed by atoms with Crippen molar-refractivity contribution < 1.29 is 0 Å². The van der Waals surface area contributed by atoms with Gasteiger partial charge in [-0.25, -0.2) is 4.98 Å². The molecule has 1 aromatic heterocycles. The van der Waals surface area contributed by atoms with E-state index < -0.39 is 0 Å². The lowest BCUT2D eigenvalue weighted by atomic mass is 10.2. The third-order valence-electron chi connectivity index (χ3n) is 2.60. The molecule has 0 saturated heterocycles. The summed E-state index contributed by atoms with van der Waals surface area (Å²) in [5.74, 6) is 2.35. The van der Waals surface area contributed by atoms with E-state index in [9.17, 15) is 0 Å². The molecule has 0 aromatic carbocycles. The average molecular weight is 240 g/mol. The van der Waals surface area contributed by atoms with Crippen LogP contribution in [0.5, 0.6) is 0 Å². The van der Waals surface area contributed by atoms with Gasteiger partial charge >= 0.3 is 0 Å². The lowest BCUT2D eigenvalue weighted by Gasteiger charge is -2.27. The van der Waals surface area contributed by atoms with Crippen LogP contribution >= 0.6 is 11.8 Å². The molecule has 0 radical (unpaired) electrons. The van der Waals surface area contributed by atoms with E-state index >= 15 is 0 Å². The van der Waals surface area contributed by atoms with Gasteiger partial charge in [0.25, 0.3) is 0 Å². The van der Waals surface area contributed by atoms with Crippen molar-refractivity contribution in [3.63, 3.8) is 0 Å². The Morgan fingerprint density at radius 1 is 1.50 bits per heavy atom. The highest BCUT2D eigenvalue weighted by Gasteiger charge is 2.14. The molecule has 0 aliphatic carbocycles. The molecule has 16 heavy (non-hydrogen) atoms. The molecule has 1 heterocycles. The number of nitrogen functional groups attached to an aromatic ring is 1. The molecule has 4 nitrogen and oxygen atoms in total. The van der Waals surface area contributed by atoms with Crippen molar-refractivity contribution in [1.82, 2.24) is 9.97 Å². The molecule has 0 aliphatic heterocycles. The number of thioether (sulfide) groups is 1. The number of hydrogen-bond donors (Lipinski definition) is 1. The van der Waals surface area contributed by atoms with Gasteiger partial charge in [-0.2, -0.15) is 16.7 Å². The van der Waals surface area contributed by atoms with E-state index in [1.54, 1.807) is 0 Å². The number of nitrogens with two attached hydrogens (primary N) is 1. The summed E-state index contributed by atoms with van der Waals surface area (Å²) in [6.07, 6.45) is 3.22. The van der Waals surface area contributed by atoms with Gasteiger partial charge in [-0.05, 0) is 19.6 Å². The smallest absolute Gasteiger partial charge is 0.222 e. The van der Waals surface area contributed by atoms with E-state index in [0.29, 0.717) is 12.0 Å². The zero-order chi connectivity index (χ0) is 12.1. The molecule has 1 rings (SSSR count).